The summed E-state index contributed by atoms with van der Waals surface area (Å²) in [6, 6.07) is -0.00231. The van der Waals surface area contributed by atoms with Gasteiger partial charge in [0.05, 0.1) is 6.04 Å². The number of nitrogens with zero attached hydrogens (tertiary/aromatic N) is 1. The van der Waals surface area contributed by atoms with Gasteiger partial charge in [-0.05, 0) is 13.8 Å². The Morgan fingerprint density at radius 1 is 1.70 bits per heavy atom. The van der Waals surface area contributed by atoms with Gasteiger partial charge in [-0.1, -0.05) is 0 Å². The molecule has 10 heavy (non-hydrogen) atoms. The van der Waals surface area contributed by atoms with Crippen molar-refractivity contribution in [2.24, 2.45) is 4.99 Å². The van der Waals surface area contributed by atoms with E-state index >= 15 is 0 Å². The molecule has 0 aromatic heterocycles. The minimum Gasteiger partial charge on any atom is -0.468 e. The predicted octanol–water partition coefficient (Wildman–Crippen LogP) is 0.781. The first kappa shape index (κ1) is 7.25. The highest BCUT2D eigenvalue weighted by atomic mass is 16.5. The van der Waals surface area contributed by atoms with Crippen LogP contribution >= 0.6 is 0 Å². The van der Waals surface area contributed by atoms with Crippen LogP contribution in [-0.2, 0) is 9.53 Å². The Kier molecular flexibility index (Phi) is 1.74. The van der Waals surface area contributed by atoms with Crippen molar-refractivity contribution in [3.63, 3.8) is 0 Å². The third-order valence-corrected chi connectivity index (χ3v) is 1.52. The summed E-state index contributed by atoms with van der Waals surface area (Å²) < 4.78 is 5.14. The number of carbonyl (C=O) groups is 1. The summed E-state index contributed by atoms with van der Waals surface area (Å²) in [4.78, 5) is 14.9. The van der Waals surface area contributed by atoms with Crippen LogP contribution in [0.1, 0.15) is 20.8 Å². The lowest BCUT2D eigenvalue weighted by atomic mass is 10.1. The van der Waals surface area contributed by atoms with Gasteiger partial charge in [0, 0.05) is 6.92 Å². The molecule has 0 aromatic carbocycles. The zero-order valence-electron chi connectivity index (χ0n) is 6.42. The monoisotopic (exact) mass is 141 g/mol. The second kappa shape index (κ2) is 2.40. The maximum atomic E-state index is 10.8. The molecule has 0 spiro atoms. The Morgan fingerprint density at radius 3 is 2.50 bits per heavy atom. The molecule has 0 bridgehead atoms. The molecule has 0 radical (unpaired) electrons. The Hall–Kier alpha value is -0.860. The van der Waals surface area contributed by atoms with Crippen molar-refractivity contribution in [3.05, 3.63) is 0 Å². The summed E-state index contributed by atoms with van der Waals surface area (Å²) in [5.41, 5.74) is 0. The SMILES string of the molecule is CC(=O)[C@@H]1OC(C)=N[C@@H]1C. The van der Waals surface area contributed by atoms with Gasteiger partial charge in [-0.3, -0.25) is 4.79 Å². The Bertz CT molecular complexity index is 186. The van der Waals surface area contributed by atoms with Gasteiger partial charge in [-0.25, -0.2) is 4.99 Å². The molecule has 0 aromatic rings. The van der Waals surface area contributed by atoms with Gasteiger partial charge in [0.15, 0.2) is 17.8 Å². The number of ether oxygens (including phenoxy) is 1. The van der Waals surface area contributed by atoms with E-state index in [1.165, 1.54) is 6.92 Å². The molecule has 1 rings (SSSR count). The molecule has 3 nitrogen and oxygen atoms in total. The zero-order chi connectivity index (χ0) is 7.72. The van der Waals surface area contributed by atoms with E-state index in [0.717, 1.165) is 0 Å². The highest BCUT2D eigenvalue weighted by Gasteiger charge is 2.28. The van der Waals surface area contributed by atoms with Crippen LogP contribution in [-0.4, -0.2) is 23.8 Å². The van der Waals surface area contributed by atoms with Crippen molar-refractivity contribution in [1.29, 1.82) is 0 Å². The molecule has 0 aliphatic carbocycles. The van der Waals surface area contributed by atoms with Crippen molar-refractivity contribution in [2.75, 3.05) is 0 Å². The first-order valence-corrected chi connectivity index (χ1v) is 3.33. The smallest absolute Gasteiger partial charge is 0.181 e. The van der Waals surface area contributed by atoms with Gasteiger partial charge in [0.25, 0.3) is 0 Å². The number of rotatable bonds is 1. The summed E-state index contributed by atoms with van der Waals surface area (Å²) in [5, 5.41) is 0. The number of Topliss-reactive ketones (excluding diaryl/α,β-unsaturated/α-hetero) is 1. The molecular weight excluding hydrogens is 130 g/mol. The second-order valence-electron chi connectivity index (χ2n) is 2.54. The number of hydrogen-bond acceptors (Lipinski definition) is 3. The predicted molar refractivity (Wildman–Crippen MR) is 38.1 cm³/mol. The standard InChI is InChI=1S/C7H11NO2/c1-4-7(5(2)9)10-6(3)8-4/h4,7H,1-3H3/t4-,7-/m1/s1. The number of ketones is 1. The van der Waals surface area contributed by atoms with Gasteiger partial charge in [0.2, 0.25) is 0 Å². The average Bonchev–Trinajstić information content (AvgIpc) is 2.10. The molecule has 0 saturated heterocycles. The van der Waals surface area contributed by atoms with Crippen LogP contribution < -0.4 is 0 Å². The van der Waals surface area contributed by atoms with E-state index in [1.54, 1.807) is 6.92 Å². The Balaban J connectivity index is 2.63. The molecule has 0 N–H and O–H groups in total. The lowest BCUT2D eigenvalue weighted by Gasteiger charge is -2.08. The molecule has 0 unspecified atom stereocenters. The van der Waals surface area contributed by atoms with Crippen LogP contribution in [0, 0.1) is 0 Å². The largest absolute Gasteiger partial charge is 0.468 e. The highest BCUT2D eigenvalue weighted by molar-refractivity contribution is 5.87. The van der Waals surface area contributed by atoms with E-state index in [9.17, 15) is 4.79 Å². The summed E-state index contributed by atoms with van der Waals surface area (Å²) in [6.45, 7) is 5.16. The molecule has 3 heteroatoms. The molecule has 1 aliphatic rings. The van der Waals surface area contributed by atoms with Crippen LogP contribution in [0.25, 0.3) is 0 Å². The van der Waals surface area contributed by atoms with E-state index < -0.39 is 0 Å². The van der Waals surface area contributed by atoms with Crippen molar-refractivity contribution >= 4 is 11.7 Å². The molecule has 56 valence electrons. The van der Waals surface area contributed by atoms with E-state index in [0.29, 0.717) is 5.90 Å². The van der Waals surface area contributed by atoms with Gasteiger partial charge in [-0.15, -0.1) is 0 Å². The number of aliphatic imine (C=N–C) groups is 1. The quantitative estimate of drug-likeness (QED) is 0.541. The first-order valence-electron chi connectivity index (χ1n) is 3.33. The molecule has 0 fully saturated rings. The molecule has 1 aliphatic heterocycles. The maximum absolute atomic E-state index is 10.8. The fraction of sp³-hybridized carbons (Fsp3) is 0.714. The average molecular weight is 141 g/mol. The molecule has 2 atom stereocenters. The molecule has 1 heterocycles. The third-order valence-electron chi connectivity index (χ3n) is 1.52. The van der Waals surface area contributed by atoms with Gasteiger partial charge in [0.1, 0.15) is 0 Å². The van der Waals surface area contributed by atoms with Crippen LogP contribution in [0.15, 0.2) is 4.99 Å². The van der Waals surface area contributed by atoms with Gasteiger partial charge in [-0.2, -0.15) is 0 Å². The van der Waals surface area contributed by atoms with Gasteiger partial charge >= 0.3 is 0 Å². The minimum absolute atomic E-state index is 0.00231. The summed E-state index contributed by atoms with van der Waals surface area (Å²) in [5.74, 6) is 0.667. The third kappa shape index (κ3) is 1.17. The minimum atomic E-state index is -0.333. The van der Waals surface area contributed by atoms with E-state index in [1.807, 2.05) is 6.92 Å². The maximum Gasteiger partial charge on any atom is 0.181 e. The van der Waals surface area contributed by atoms with Crippen LogP contribution in [0.4, 0.5) is 0 Å². The van der Waals surface area contributed by atoms with E-state index in [4.69, 9.17) is 4.74 Å². The van der Waals surface area contributed by atoms with Crippen molar-refractivity contribution in [3.8, 4) is 0 Å². The molecule has 0 saturated carbocycles. The highest BCUT2D eigenvalue weighted by Crippen LogP contribution is 2.13. The normalized spacial score (nSPS) is 31.3. The fourth-order valence-corrected chi connectivity index (χ4v) is 1.09. The van der Waals surface area contributed by atoms with E-state index in [2.05, 4.69) is 4.99 Å². The zero-order valence-corrected chi connectivity index (χ0v) is 6.42. The summed E-state index contributed by atoms with van der Waals surface area (Å²) >= 11 is 0. The lowest BCUT2D eigenvalue weighted by molar-refractivity contribution is -0.123. The lowest BCUT2D eigenvalue weighted by Crippen LogP contribution is -2.27. The Morgan fingerprint density at radius 2 is 2.30 bits per heavy atom. The number of hydrogen-bond donors (Lipinski definition) is 0. The summed E-state index contributed by atoms with van der Waals surface area (Å²) in [6.07, 6.45) is -0.333. The van der Waals surface area contributed by atoms with Crippen molar-refractivity contribution < 1.29 is 9.53 Å². The first-order chi connectivity index (χ1) is 4.61. The molecule has 0 amide bonds. The summed E-state index contributed by atoms with van der Waals surface area (Å²) in [7, 11) is 0. The van der Waals surface area contributed by atoms with Crippen LogP contribution in [0.2, 0.25) is 0 Å². The van der Waals surface area contributed by atoms with Crippen LogP contribution in [0.3, 0.4) is 0 Å². The number of carbonyl (C=O) groups excluding carboxylic acids is 1. The fourth-order valence-electron chi connectivity index (χ4n) is 1.09. The Labute approximate surface area is 60.1 Å². The topological polar surface area (TPSA) is 38.7 Å². The van der Waals surface area contributed by atoms with Gasteiger partial charge < -0.3 is 4.74 Å². The van der Waals surface area contributed by atoms with E-state index in [-0.39, 0.29) is 17.9 Å². The van der Waals surface area contributed by atoms with Crippen molar-refractivity contribution in [1.82, 2.24) is 0 Å². The van der Waals surface area contributed by atoms with Crippen LogP contribution in [0.5, 0.6) is 0 Å². The second-order valence-corrected chi connectivity index (χ2v) is 2.54. The van der Waals surface area contributed by atoms with Crippen molar-refractivity contribution in [2.45, 2.75) is 32.9 Å². The molecular formula is C7H11NO2.